The number of rotatable bonds is 10. The molecule has 1 fully saturated rings. The van der Waals surface area contributed by atoms with Crippen LogP contribution in [-0.2, 0) is 20.8 Å². The molecule has 0 aromatic heterocycles. The standard InChI is InChI=1S/C20H28N2O5S/c1-3-4-5-10-27-16-8-6-15(7-9-16)11-17(20(25)26)21-19(24)18-12-28-13-22(18)14(2)23/h6-9,17-18H,3-5,10-13H2,1-2H3,(H,21,24)(H,25,26)/t17-,18-/m0/s1. The number of hydrogen-bond donors (Lipinski definition) is 2. The fourth-order valence-electron chi connectivity index (χ4n) is 2.94. The highest BCUT2D eigenvalue weighted by Gasteiger charge is 2.34. The van der Waals surface area contributed by atoms with Gasteiger partial charge in [0.1, 0.15) is 17.8 Å². The quantitative estimate of drug-likeness (QED) is 0.577. The van der Waals surface area contributed by atoms with Gasteiger partial charge in [0, 0.05) is 19.1 Å². The van der Waals surface area contributed by atoms with Gasteiger partial charge in [-0.15, -0.1) is 11.8 Å². The maximum absolute atomic E-state index is 12.5. The van der Waals surface area contributed by atoms with Crippen LogP contribution >= 0.6 is 11.8 Å². The molecule has 1 aliphatic heterocycles. The Bertz CT molecular complexity index is 680. The lowest BCUT2D eigenvalue weighted by atomic mass is 10.1. The van der Waals surface area contributed by atoms with E-state index in [1.165, 1.54) is 23.6 Å². The van der Waals surface area contributed by atoms with Gasteiger partial charge in [0.15, 0.2) is 0 Å². The number of thioether (sulfide) groups is 1. The smallest absolute Gasteiger partial charge is 0.326 e. The Morgan fingerprint density at radius 1 is 1.29 bits per heavy atom. The van der Waals surface area contributed by atoms with E-state index in [4.69, 9.17) is 4.74 Å². The van der Waals surface area contributed by atoms with Gasteiger partial charge in [0.05, 0.1) is 12.5 Å². The lowest BCUT2D eigenvalue weighted by Gasteiger charge is -2.23. The van der Waals surface area contributed by atoms with Crippen molar-refractivity contribution in [3.05, 3.63) is 29.8 Å². The van der Waals surface area contributed by atoms with Gasteiger partial charge in [-0.2, -0.15) is 0 Å². The molecule has 2 atom stereocenters. The zero-order valence-corrected chi connectivity index (χ0v) is 17.2. The second kappa shape index (κ2) is 10.9. The number of carboxylic acid groups (broad SMARTS) is 1. The molecule has 2 rings (SSSR count). The number of benzene rings is 1. The number of nitrogens with zero attached hydrogens (tertiary/aromatic N) is 1. The molecule has 0 radical (unpaired) electrons. The fourth-order valence-corrected chi connectivity index (χ4v) is 4.16. The van der Waals surface area contributed by atoms with E-state index in [1.54, 1.807) is 0 Å². The van der Waals surface area contributed by atoms with Crippen LogP contribution in [0.2, 0.25) is 0 Å². The molecule has 0 saturated carbocycles. The van der Waals surface area contributed by atoms with Crippen LogP contribution in [0.15, 0.2) is 24.3 Å². The van der Waals surface area contributed by atoms with Crippen LogP contribution in [0, 0.1) is 0 Å². The highest BCUT2D eigenvalue weighted by atomic mass is 32.2. The van der Waals surface area contributed by atoms with Crippen LogP contribution in [-0.4, -0.2) is 58.1 Å². The first-order valence-electron chi connectivity index (χ1n) is 9.52. The number of nitrogens with one attached hydrogen (secondary N) is 1. The van der Waals surface area contributed by atoms with Gasteiger partial charge >= 0.3 is 5.97 Å². The van der Waals surface area contributed by atoms with Crippen molar-refractivity contribution in [3.63, 3.8) is 0 Å². The van der Waals surface area contributed by atoms with Crippen LogP contribution < -0.4 is 10.1 Å². The van der Waals surface area contributed by atoms with E-state index in [0.717, 1.165) is 30.6 Å². The lowest BCUT2D eigenvalue weighted by Crippen LogP contribution is -2.52. The number of ether oxygens (including phenoxy) is 1. The molecule has 8 heteroatoms. The summed E-state index contributed by atoms with van der Waals surface area (Å²) in [5, 5.41) is 12.1. The van der Waals surface area contributed by atoms with E-state index >= 15 is 0 Å². The Balaban J connectivity index is 1.92. The lowest BCUT2D eigenvalue weighted by molar-refractivity contribution is -0.143. The number of carboxylic acids is 1. The van der Waals surface area contributed by atoms with Gasteiger partial charge < -0.3 is 20.1 Å². The number of aliphatic carboxylic acids is 1. The normalized spacial score (nSPS) is 17.2. The molecule has 1 saturated heterocycles. The van der Waals surface area contributed by atoms with E-state index in [0.29, 0.717) is 18.2 Å². The predicted molar refractivity (Wildman–Crippen MR) is 108 cm³/mol. The first-order chi connectivity index (χ1) is 13.4. The highest BCUT2D eigenvalue weighted by molar-refractivity contribution is 7.99. The minimum atomic E-state index is -1.10. The van der Waals surface area contributed by atoms with E-state index in [-0.39, 0.29) is 12.3 Å². The summed E-state index contributed by atoms with van der Waals surface area (Å²) in [5.41, 5.74) is 0.790. The number of carbonyl (C=O) groups is 3. The summed E-state index contributed by atoms with van der Waals surface area (Å²) in [6, 6.07) is 5.57. The Kier molecular flexibility index (Phi) is 8.63. The van der Waals surface area contributed by atoms with Crippen molar-refractivity contribution >= 4 is 29.5 Å². The average molecular weight is 409 g/mol. The third-order valence-electron chi connectivity index (χ3n) is 4.58. The van der Waals surface area contributed by atoms with Gasteiger partial charge in [-0.1, -0.05) is 31.9 Å². The van der Waals surface area contributed by atoms with Crippen molar-refractivity contribution in [1.29, 1.82) is 0 Å². The van der Waals surface area contributed by atoms with Gasteiger partial charge in [-0.3, -0.25) is 9.59 Å². The first kappa shape index (κ1) is 22.1. The average Bonchev–Trinajstić information content (AvgIpc) is 3.16. The molecular formula is C20H28N2O5S. The summed E-state index contributed by atoms with van der Waals surface area (Å²) in [4.78, 5) is 37.2. The topological polar surface area (TPSA) is 95.9 Å². The maximum Gasteiger partial charge on any atom is 0.326 e. The van der Waals surface area contributed by atoms with Crippen molar-refractivity contribution in [1.82, 2.24) is 10.2 Å². The second-order valence-corrected chi connectivity index (χ2v) is 7.81. The number of amides is 2. The number of carbonyl (C=O) groups excluding carboxylic acids is 2. The third kappa shape index (κ3) is 6.44. The van der Waals surface area contributed by atoms with Crippen molar-refractivity contribution in [2.75, 3.05) is 18.2 Å². The maximum atomic E-state index is 12.5. The van der Waals surface area contributed by atoms with Crippen LogP contribution in [0.3, 0.4) is 0 Å². The number of hydrogen-bond acceptors (Lipinski definition) is 5. The van der Waals surface area contributed by atoms with Gasteiger partial charge in [0.2, 0.25) is 11.8 Å². The minimum Gasteiger partial charge on any atom is -0.494 e. The van der Waals surface area contributed by atoms with Crippen LogP contribution in [0.5, 0.6) is 5.75 Å². The van der Waals surface area contributed by atoms with Crippen molar-refractivity contribution < 1.29 is 24.2 Å². The highest BCUT2D eigenvalue weighted by Crippen LogP contribution is 2.21. The van der Waals surface area contributed by atoms with Crippen LogP contribution in [0.1, 0.15) is 38.7 Å². The Hall–Kier alpha value is -2.22. The van der Waals surface area contributed by atoms with Crippen LogP contribution in [0.4, 0.5) is 0 Å². The summed E-state index contributed by atoms with van der Waals surface area (Å²) in [7, 11) is 0. The summed E-state index contributed by atoms with van der Waals surface area (Å²) in [6.07, 6.45) is 3.42. The molecule has 1 aliphatic rings. The molecule has 0 unspecified atom stereocenters. The Morgan fingerprint density at radius 3 is 2.61 bits per heavy atom. The zero-order valence-electron chi connectivity index (χ0n) is 16.3. The molecule has 28 heavy (non-hydrogen) atoms. The number of unbranched alkanes of at least 4 members (excludes halogenated alkanes) is 2. The predicted octanol–water partition coefficient (Wildman–Crippen LogP) is 2.29. The molecule has 1 aromatic carbocycles. The fraction of sp³-hybridized carbons (Fsp3) is 0.550. The van der Waals surface area contributed by atoms with Crippen LogP contribution in [0.25, 0.3) is 0 Å². The molecule has 7 nitrogen and oxygen atoms in total. The third-order valence-corrected chi connectivity index (χ3v) is 5.60. The summed E-state index contributed by atoms with van der Waals surface area (Å²) >= 11 is 1.48. The molecule has 2 amide bonds. The summed E-state index contributed by atoms with van der Waals surface area (Å²) in [6.45, 7) is 4.20. The van der Waals surface area contributed by atoms with Crippen molar-refractivity contribution in [2.45, 2.75) is 51.6 Å². The van der Waals surface area contributed by atoms with Gasteiger partial charge in [0.25, 0.3) is 0 Å². The minimum absolute atomic E-state index is 0.164. The van der Waals surface area contributed by atoms with Crippen molar-refractivity contribution in [3.8, 4) is 5.75 Å². The molecule has 1 heterocycles. The van der Waals surface area contributed by atoms with Gasteiger partial charge in [-0.05, 0) is 24.1 Å². The molecule has 0 aliphatic carbocycles. The Labute approximate surface area is 169 Å². The van der Waals surface area contributed by atoms with E-state index in [2.05, 4.69) is 12.2 Å². The van der Waals surface area contributed by atoms with E-state index in [1.807, 2.05) is 24.3 Å². The molecular weight excluding hydrogens is 380 g/mol. The monoisotopic (exact) mass is 408 g/mol. The SMILES string of the molecule is CCCCCOc1ccc(C[C@H](NC(=O)[C@@H]2CSCN2C(C)=O)C(=O)O)cc1. The van der Waals surface area contributed by atoms with Gasteiger partial charge in [-0.25, -0.2) is 4.79 Å². The van der Waals surface area contributed by atoms with Crippen molar-refractivity contribution in [2.24, 2.45) is 0 Å². The molecule has 1 aromatic rings. The molecule has 154 valence electrons. The summed E-state index contributed by atoms with van der Waals surface area (Å²) in [5.74, 6) is -0.0497. The largest absolute Gasteiger partial charge is 0.494 e. The van der Waals surface area contributed by atoms with E-state index < -0.39 is 24.0 Å². The molecule has 2 N–H and O–H groups in total. The second-order valence-electron chi connectivity index (χ2n) is 6.81. The molecule has 0 spiro atoms. The summed E-state index contributed by atoms with van der Waals surface area (Å²) < 4.78 is 5.66. The van der Waals surface area contributed by atoms with E-state index in [9.17, 15) is 19.5 Å². The Morgan fingerprint density at radius 2 is 2.00 bits per heavy atom. The first-order valence-corrected chi connectivity index (χ1v) is 10.7. The molecule has 0 bridgehead atoms. The zero-order chi connectivity index (χ0) is 20.5.